The molecule has 1 N–H and O–H groups in total. The number of para-hydroxylation sites is 1. The number of aromatic amines is 1. The number of halogens is 1. The van der Waals surface area contributed by atoms with Crippen LogP contribution in [-0.2, 0) is 11.3 Å². The Morgan fingerprint density at radius 1 is 1.22 bits per heavy atom. The lowest BCUT2D eigenvalue weighted by Crippen LogP contribution is -2.15. The fraction of sp³-hybridized carbons (Fsp3) is 0.350. The predicted octanol–water partition coefficient (Wildman–Crippen LogP) is 4.33. The van der Waals surface area contributed by atoms with E-state index in [0.717, 1.165) is 16.6 Å². The van der Waals surface area contributed by atoms with Crippen molar-refractivity contribution in [2.75, 3.05) is 6.61 Å². The molecular formula is C20H22ClN3O3. The molecule has 7 heteroatoms. The molecule has 0 amide bonds. The van der Waals surface area contributed by atoms with Gasteiger partial charge in [0, 0.05) is 28.7 Å². The zero-order valence-electron chi connectivity index (χ0n) is 15.8. The van der Waals surface area contributed by atoms with Gasteiger partial charge in [-0.3, -0.25) is 9.48 Å². The molecular weight excluding hydrogens is 366 g/mol. The monoisotopic (exact) mass is 387 g/mol. The first-order chi connectivity index (χ1) is 12.8. The Morgan fingerprint density at radius 2 is 1.93 bits per heavy atom. The molecule has 0 radical (unpaired) electrons. The lowest BCUT2D eigenvalue weighted by atomic mass is 10.1. The molecule has 27 heavy (non-hydrogen) atoms. The zero-order chi connectivity index (χ0) is 19.7. The number of hydrogen-bond donors (Lipinski definition) is 1. The van der Waals surface area contributed by atoms with Crippen molar-refractivity contribution in [1.82, 2.24) is 14.8 Å². The summed E-state index contributed by atoms with van der Waals surface area (Å²) in [5, 5.41) is 5.35. The number of rotatable bonds is 6. The van der Waals surface area contributed by atoms with Crippen molar-refractivity contribution >= 4 is 34.3 Å². The highest BCUT2D eigenvalue weighted by molar-refractivity contribution is 6.32. The van der Waals surface area contributed by atoms with E-state index in [1.54, 1.807) is 11.6 Å². The molecule has 0 unspecified atom stereocenters. The summed E-state index contributed by atoms with van der Waals surface area (Å²) in [5.74, 6) is -0.572. The molecule has 6 nitrogen and oxygen atoms in total. The molecule has 2 heterocycles. The van der Waals surface area contributed by atoms with Gasteiger partial charge in [0.2, 0.25) is 5.78 Å². The summed E-state index contributed by atoms with van der Waals surface area (Å²) in [6.07, 6.45) is 0. The number of aryl methyl sites for hydroxylation is 2. The van der Waals surface area contributed by atoms with Gasteiger partial charge in [-0.1, -0.05) is 43.6 Å². The summed E-state index contributed by atoms with van der Waals surface area (Å²) in [6.45, 7) is 7.84. The molecule has 142 valence electrons. The SMILES string of the molecule is Cc1nn(CC(C)C)c(Cl)c1C(=O)OCC(=O)c1c(C)[nH]c2ccccc12. The molecule has 0 fully saturated rings. The lowest BCUT2D eigenvalue weighted by molar-refractivity contribution is 0.0474. The summed E-state index contributed by atoms with van der Waals surface area (Å²) < 4.78 is 6.84. The number of nitrogens with zero attached hydrogens (tertiary/aromatic N) is 2. The summed E-state index contributed by atoms with van der Waals surface area (Å²) in [6, 6.07) is 7.53. The first-order valence-electron chi connectivity index (χ1n) is 8.80. The van der Waals surface area contributed by atoms with Crippen LogP contribution in [0.25, 0.3) is 10.9 Å². The third-order valence-electron chi connectivity index (χ3n) is 4.31. The number of fused-ring (bicyclic) bond motifs is 1. The second-order valence-corrected chi connectivity index (χ2v) is 7.36. The van der Waals surface area contributed by atoms with Gasteiger partial charge in [-0.05, 0) is 25.8 Å². The van der Waals surface area contributed by atoms with E-state index >= 15 is 0 Å². The van der Waals surface area contributed by atoms with Crippen LogP contribution >= 0.6 is 11.6 Å². The summed E-state index contributed by atoms with van der Waals surface area (Å²) >= 11 is 6.30. The summed E-state index contributed by atoms with van der Waals surface area (Å²) in [5.41, 5.74) is 2.86. The van der Waals surface area contributed by atoms with Gasteiger partial charge in [0.15, 0.2) is 6.61 Å². The molecule has 0 atom stereocenters. The number of H-pyrrole nitrogens is 1. The second kappa shape index (κ2) is 7.56. The van der Waals surface area contributed by atoms with E-state index in [1.165, 1.54) is 0 Å². The van der Waals surface area contributed by atoms with Gasteiger partial charge < -0.3 is 9.72 Å². The molecule has 3 rings (SSSR count). The highest BCUT2D eigenvalue weighted by Crippen LogP contribution is 2.24. The van der Waals surface area contributed by atoms with Gasteiger partial charge in [0.25, 0.3) is 0 Å². The van der Waals surface area contributed by atoms with Crippen LogP contribution in [0.5, 0.6) is 0 Å². The number of benzene rings is 1. The molecule has 0 saturated heterocycles. The topological polar surface area (TPSA) is 77.0 Å². The minimum absolute atomic E-state index is 0.209. The van der Waals surface area contributed by atoms with Crippen LogP contribution in [0.15, 0.2) is 24.3 Å². The Bertz CT molecular complexity index is 1020. The largest absolute Gasteiger partial charge is 0.454 e. The Balaban J connectivity index is 1.77. The van der Waals surface area contributed by atoms with E-state index in [-0.39, 0.29) is 23.1 Å². The Kier molecular flexibility index (Phi) is 5.37. The third kappa shape index (κ3) is 3.76. The first-order valence-corrected chi connectivity index (χ1v) is 9.18. The molecule has 0 bridgehead atoms. The summed E-state index contributed by atoms with van der Waals surface area (Å²) in [4.78, 5) is 28.3. The molecule has 0 aliphatic rings. The smallest absolute Gasteiger partial charge is 0.343 e. The van der Waals surface area contributed by atoms with Gasteiger partial charge in [0.1, 0.15) is 10.7 Å². The van der Waals surface area contributed by atoms with E-state index in [1.807, 2.05) is 45.0 Å². The highest BCUT2D eigenvalue weighted by Gasteiger charge is 2.24. The van der Waals surface area contributed by atoms with Crippen molar-refractivity contribution < 1.29 is 14.3 Å². The maximum absolute atomic E-state index is 12.6. The van der Waals surface area contributed by atoms with Crippen molar-refractivity contribution in [3.05, 3.63) is 51.9 Å². The number of esters is 1. The van der Waals surface area contributed by atoms with E-state index in [4.69, 9.17) is 16.3 Å². The standard InChI is InChI=1S/C20H22ClN3O3/c1-11(2)9-24-19(21)18(13(4)23-24)20(26)27-10-16(25)17-12(3)22-15-8-6-5-7-14(15)17/h5-8,11,22H,9-10H2,1-4H3. The number of carbonyl (C=O) groups excluding carboxylic acids is 2. The van der Waals surface area contributed by atoms with Crippen LogP contribution < -0.4 is 0 Å². The Hall–Kier alpha value is -2.60. The fourth-order valence-corrected chi connectivity index (χ4v) is 3.48. The normalized spacial score (nSPS) is 11.3. The van der Waals surface area contributed by atoms with Gasteiger partial charge in [-0.2, -0.15) is 5.10 Å². The van der Waals surface area contributed by atoms with Crippen molar-refractivity contribution in [1.29, 1.82) is 0 Å². The highest BCUT2D eigenvalue weighted by atomic mass is 35.5. The number of ketones is 1. The minimum Gasteiger partial charge on any atom is -0.454 e. The van der Waals surface area contributed by atoms with E-state index in [0.29, 0.717) is 23.7 Å². The molecule has 0 aliphatic carbocycles. The van der Waals surface area contributed by atoms with Crippen LogP contribution in [0.1, 0.15) is 46.0 Å². The molecule has 0 saturated carbocycles. The number of ether oxygens (including phenoxy) is 1. The maximum atomic E-state index is 12.6. The molecule has 0 spiro atoms. The number of Topliss-reactive ketones (excluding diaryl/α,β-unsaturated/α-hetero) is 1. The summed E-state index contributed by atoms with van der Waals surface area (Å²) in [7, 11) is 0. The van der Waals surface area contributed by atoms with Gasteiger partial charge in [-0.15, -0.1) is 0 Å². The Morgan fingerprint density at radius 3 is 2.63 bits per heavy atom. The van der Waals surface area contributed by atoms with Crippen LogP contribution in [0.3, 0.4) is 0 Å². The number of aromatic nitrogens is 3. The number of hydrogen-bond acceptors (Lipinski definition) is 4. The minimum atomic E-state index is -0.640. The molecule has 0 aliphatic heterocycles. The maximum Gasteiger partial charge on any atom is 0.343 e. The average Bonchev–Trinajstić information content (AvgIpc) is 3.07. The quantitative estimate of drug-likeness (QED) is 0.504. The van der Waals surface area contributed by atoms with Crippen LogP contribution in [-0.4, -0.2) is 33.1 Å². The fourth-order valence-electron chi connectivity index (χ4n) is 3.16. The van der Waals surface area contributed by atoms with Crippen molar-refractivity contribution in [2.45, 2.75) is 34.2 Å². The Labute approximate surface area is 162 Å². The van der Waals surface area contributed by atoms with Crippen LogP contribution in [0.4, 0.5) is 0 Å². The second-order valence-electron chi connectivity index (χ2n) is 7.00. The van der Waals surface area contributed by atoms with E-state index < -0.39 is 5.97 Å². The zero-order valence-corrected chi connectivity index (χ0v) is 16.6. The van der Waals surface area contributed by atoms with Gasteiger partial charge in [0.05, 0.1) is 5.69 Å². The molecule has 3 aromatic rings. The van der Waals surface area contributed by atoms with Crippen LogP contribution in [0, 0.1) is 19.8 Å². The van der Waals surface area contributed by atoms with Gasteiger partial charge in [-0.25, -0.2) is 4.79 Å². The van der Waals surface area contributed by atoms with Crippen LogP contribution in [0.2, 0.25) is 5.15 Å². The molecule has 1 aromatic carbocycles. The van der Waals surface area contributed by atoms with Crippen molar-refractivity contribution in [3.63, 3.8) is 0 Å². The van der Waals surface area contributed by atoms with Gasteiger partial charge >= 0.3 is 5.97 Å². The average molecular weight is 388 g/mol. The third-order valence-corrected chi connectivity index (χ3v) is 4.70. The number of carbonyl (C=O) groups is 2. The van der Waals surface area contributed by atoms with E-state index in [9.17, 15) is 9.59 Å². The van der Waals surface area contributed by atoms with Crippen molar-refractivity contribution in [3.8, 4) is 0 Å². The molecule has 2 aromatic heterocycles. The van der Waals surface area contributed by atoms with E-state index in [2.05, 4.69) is 10.1 Å². The first kappa shape index (κ1) is 19.2. The van der Waals surface area contributed by atoms with Crippen molar-refractivity contribution in [2.24, 2.45) is 5.92 Å². The lowest BCUT2D eigenvalue weighted by Gasteiger charge is -2.07. The predicted molar refractivity (Wildman–Crippen MR) is 104 cm³/mol. The number of nitrogens with one attached hydrogen (secondary N) is 1.